The van der Waals surface area contributed by atoms with E-state index >= 15 is 0 Å². The maximum absolute atomic E-state index is 13.4. The number of rotatable bonds is 4. The number of amides is 1. The summed E-state index contributed by atoms with van der Waals surface area (Å²) in [6.07, 6.45) is 6.10. The molecule has 0 bridgehead atoms. The van der Waals surface area contributed by atoms with Crippen molar-refractivity contribution in [3.05, 3.63) is 71.1 Å². The van der Waals surface area contributed by atoms with Gasteiger partial charge in [-0.15, -0.1) is 0 Å². The van der Waals surface area contributed by atoms with Gasteiger partial charge in [0, 0.05) is 6.04 Å². The number of hydrogen-bond acceptors (Lipinski definition) is 4. The molecule has 1 atom stereocenters. The first-order valence-corrected chi connectivity index (χ1v) is 9.17. The molecule has 1 aromatic heterocycles. The second-order valence-electron chi connectivity index (χ2n) is 7.03. The molecule has 2 aromatic rings. The van der Waals surface area contributed by atoms with E-state index in [0.717, 1.165) is 32.1 Å². The van der Waals surface area contributed by atoms with E-state index in [1.165, 1.54) is 24.5 Å². The highest BCUT2D eigenvalue weighted by atomic mass is 19.1. The van der Waals surface area contributed by atoms with Gasteiger partial charge in [0.25, 0.3) is 5.91 Å². The van der Waals surface area contributed by atoms with Gasteiger partial charge in [-0.3, -0.25) is 9.59 Å². The standard InChI is InChI=1S/C21H20FNO4/c22-14-10-8-13(9-11-14)18-17(19(24)16-7-4-12-27-16)20(25)21(26)23(18)15-5-2-1-3-6-15/h4,7-12,15,18,25H,1-3,5-6H2. The van der Waals surface area contributed by atoms with Gasteiger partial charge in [0.2, 0.25) is 5.78 Å². The minimum atomic E-state index is -0.751. The number of Topliss-reactive ketones (excluding diaryl/α,β-unsaturated/α-hetero) is 1. The molecule has 1 saturated carbocycles. The fourth-order valence-electron chi connectivity index (χ4n) is 4.10. The van der Waals surface area contributed by atoms with Crippen molar-refractivity contribution in [1.29, 1.82) is 0 Å². The molecule has 1 unspecified atom stereocenters. The van der Waals surface area contributed by atoms with Crippen molar-refractivity contribution in [2.75, 3.05) is 0 Å². The molecule has 1 amide bonds. The van der Waals surface area contributed by atoms with E-state index in [4.69, 9.17) is 4.42 Å². The Kier molecular flexibility index (Phi) is 4.56. The first-order valence-electron chi connectivity index (χ1n) is 9.17. The Bertz CT molecular complexity index is 879. The normalized spacial score (nSPS) is 21.1. The maximum Gasteiger partial charge on any atom is 0.290 e. The molecule has 27 heavy (non-hydrogen) atoms. The van der Waals surface area contributed by atoms with E-state index in [-0.39, 0.29) is 17.4 Å². The Morgan fingerprint density at radius 2 is 1.81 bits per heavy atom. The lowest BCUT2D eigenvalue weighted by Crippen LogP contribution is -2.41. The Morgan fingerprint density at radius 1 is 1.11 bits per heavy atom. The average molecular weight is 369 g/mol. The summed E-state index contributed by atoms with van der Waals surface area (Å²) in [5.74, 6) is -1.97. The van der Waals surface area contributed by atoms with E-state index in [2.05, 4.69) is 0 Å². The van der Waals surface area contributed by atoms with Gasteiger partial charge in [0.05, 0.1) is 17.9 Å². The monoisotopic (exact) mass is 369 g/mol. The van der Waals surface area contributed by atoms with Gasteiger partial charge >= 0.3 is 0 Å². The third-order valence-electron chi connectivity index (χ3n) is 5.39. The molecule has 1 N–H and O–H groups in total. The van der Waals surface area contributed by atoms with E-state index in [9.17, 15) is 19.1 Å². The summed E-state index contributed by atoms with van der Waals surface area (Å²) in [6.45, 7) is 0. The van der Waals surface area contributed by atoms with E-state index < -0.39 is 29.3 Å². The number of aliphatic hydroxyl groups excluding tert-OH is 1. The van der Waals surface area contributed by atoms with Gasteiger partial charge < -0.3 is 14.4 Å². The molecule has 0 radical (unpaired) electrons. The Balaban J connectivity index is 1.80. The van der Waals surface area contributed by atoms with E-state index in [1.807, 2.05) is 0 Å². The number of furan rings is 1. The van der Waals surface area contributed by atoms with Crippen molar-refractivity contribution in [3.8, 4) is 0 Å². The zero-order valence-corrected chi connectivity index (χ0v) is 14.7. The summed E-state index contributed by atoms with van der Waals surface area (Å²) in [5, 5.41) is 10.6. The number of benzene rings is 1. The van der Waals surface area contributed by atoms with Crippen molar-refractivity contribution in [2.45, 2.75) is 44.2 Å². The summed E-state index contributed by atoms with van der Waals surface area (Å²) >= 11 is 0. The summed E-state index contributed by atoms with van der Waals surface area (Å²) in [5.41, 5.74) is 0.585. The first kappa shape index (κ1) is 17.5. The minimum Gasteiger partial charge on any atom is -0.503 e. The van der Waals surface area contributed by atoms with Crippen LogP contribution >= 0.6 is 0 Å². The highest BCUT2D eigenvalue weighted by Crippen LogP contribution is 2.42. The molecular formula is C21H20FNO4. The predicted octanol–water partition coefficient (Wildman–Crippen LogP) is 4.33. The van der Waals surface area contributed by atoms with Crippen molar-refractivity contribution in [3.63, 3.8) is 0 Å². The molecule has 0 spiro atoms. The fraction of sp³-hybridized carbons (Fsp3) is 0.333. The molecule has 2 heterocycles. The molecule has 1 aliphatic carbocycles. The largest absolute Gasteiger partial charge is 0.503 e. The number of ketones is 1. The molecule has 140 valence electrons. The van der Waals surface area contributed by atoms with Crippen LogP contribution in [0.1, 0.15) is 54.3 Å². The third kappa shape index (κ3) is 3.05. The van der Waals surface area contributed by atoms with Gasteiger partial charge in [-0.1, -0.05) is 31.4 Å². The molecular weight excluding hydrogens is 349 g/mol. The smallest absolute Gasteiger partial charge is 0.290 e. The highest BCUT2D eigenvalue weighted by Gasteiger charge is 2.47. The van der Waals surface area contributed by atoms with Gasteiger partial charge in [0.1, 0.15) is 5.82 Å². The highest BCUT2D eigenvalue weighted by molar-refractivity contribution is 6.15. The lowest BCUT2D eigenvalue weighted by atomic mass is 9.90. The quantitative estimate of drug-likeness (QED) is 0.815. The lowest BCUT2D eigenvalue weighted by molar-refractivity contribution is -0.132. The molecule has 0 saturated heterocycles. The van der Waals surface area contributed by atoms with Crippen molar-refractivity contribution in [2.24, 2.45) is 0 Å². The topological polar surface area (TPSA) is 70.8 Å². The molecule has 5 nitrogen and oxygen atoms in total. The van der Waals surface area contributed by atoms with Crippen molar-refractivity contribution >= 4 is 11.7 Å². The molecule has 2 aliphatic rings. The van der Waals surface area contributed by atoms with Gasteiger partial charge in [-0.05, 0) is 42.7 Å². The van der Waals surface area contributed by atoms with Crippen LogP contribution in [0.15, 0.2) is 58.4 Å². The maximum atomic E-state index is 13.4. The first-order chi connectivity index (χ1) is 13.1. The summed E-state index contributed by atoms with van der Waals surface area (Å²) in [4.78, 5) is 27.5. The number of nitrogens with zero attached hydrogens (tertiary/aromatic N) is 1. The van der Waals surface area contributed by atoms with E-state index in [1.54, 1.807) is 23.1 Å². The zero-order chi connectivity index (χ0) is 19.0. The van der Waals surface area contributed by atoms with Crippen molar-refractivity contribution in [1.82, 2.24) is 4.90 Å². The fourth-order valence-corrected chi connectivity index (χ4v) is 4.10. The number of aliphatic hydroxyl groups is 1. The van der Waals surface area contributed by atoms with Gasteiger partial charge in [-0.25, -0.2) is 4.39 Å². The van der Waals surface area contributed by atoms with Crippen LogP contribution in [0.25, 0.3) is 0 Å². The number of halogens is 1. The third-order valence-corrected chi connectivity index (χ3v) is 5.39. The van der Waals surface area contributed by atoms with Crippen LogP contribution in [0.3, 0.4) is 0 Å². The molecule has 1 fully saturated rings. The average Bonchev–Trinajstić information content (AvgIpc) is 3.31. The number of carbonyl (C=O) groups is 2. The molecule has 1 aliphatic heterocycles. The van der Waals surface area contributed by atoms with Gasteiger partial charge in [0.15, 0.2) is 11.5 Å². The lowest BCUT2D eigenvalue weighted by Gasteiger charge is -2.36. The molecule has 1 aromatic carbocycles. The molecule has 4 rings (SSSR count). The molecule has 6 heteroatoms. The second kappa shape index (κ2) is 7.02. The van der Waals surface area contributed by atoms with Crippen LogP contribution in [-0.2, 0) is 4.79 Å². The number of hydrogen-bond donors (Lipinski definition) is 1. The Labute approximate surface area is 156 Å². The van der Waals surface area contributed by atoms with Crippen LogP contribution < -0.4 is 0 Å². The SMILES string of the molecule is O=C(C1=C(O)C(=O)N(C2CCCCC2)C1c1ccc(F)cc1)c1ccco1. The Hall–Kier alpha value is -2.89. The summed E-state index contributed by atoms with van der Waals surface area (Å²) < 4.78 is 18.6. The van der Waals surface area contributed by atoms with Crippen LogP contribution in [0.4, 0.5) is 4.39 Å². The number of carbonyl (C=O) groups excluding carboxylic acids is 2. The predicted molar refractivity (Wildman–Crippen MR) is 95.6 cm³/mol. The van der Waals surface area contributed by atoms with Crippen LogP contribution in [0, 0.1) is 5.82 Å². The van der Waals surface area contributed by atoms with Crippen LogP contribution in [-0.4, -0.2) is 27.7 Å². The second-order valence-corrected chi connectivity index (χ2v) is 7.03. The summed E-state index contributed by atoms with van der Waals surface area (Å²) in [7, 11) is 0. The van der Waals surface area contributed by atoms with Crippen LogP contribution in [0.5, 0.6) is 0 Å². The minimum absolute atomic E-state index is 0.00729. The van der Waals surface area contributed by atoms with Gasteiger partial charge in [-0.2, -0.15) is 0 Å². The zero-order valence-electron chi connectivity index (χ0n) is 14.7. The van der Waals surface area contributed by atoms with E-state index in [0.29, 0.717) is 5.56 Å². The summed E-state index contributed by atoms with van der Waals surface area (Å²) in [6, 6.07) is 7.95. The van der Waals surface area contributed by atoms with Crippen molar-refractivity contribution < 1.29 is 23.5 Å². The Morgan fingerprint density at radius 3 is 2.44 bits per heavy atom. The van der Waals surface area contributed by atoms with Crippen LogP contribution in [0.2, 0.25) is 0 Å².